The predicted octanol–water partition coefficient (Wildman–Crippen LogP) is 2.98. The third-order valence-electron chi connectivity index (χ3n) is 6.27. The van der Waals surface area contributed by atoms with Crippen LogP contribution in [0.15, 0.2) is 40.7 Å². The molecule has 190 valence electrons. The Morgan fingerprint density at radius 1 is 1.20 bits per heavy atom. The van der Waals surface area contributed by atoms with Gasteiger partial charge in [-0.25, -0.2) is 4.79 Å². The van der Waals surface area contributed by atoms with Gasteiger partial charge in [0.2, 0.25) is 0 Å². The maximum absolute atomic E-state index is 13.7. The fourth-order valence-corrected chi connectivity index (χ4v) is 4.65. The summed E-state index contributed by atoms with van der Waals surface area (Å²) in [4.78, 5) is 39.5. The Kier molecular flexibility index (Phi) is 8.22. The number of esters is 2. The van der Waals surface area contributed by atoms with Crippen molar-refractivity contribution in [3.63, 3.8) is 0 Å². The Morgan fingerprint density at radius 2 is 1.91 bits per heavy atom. The number of benzene rings is 1. The number of nitrogens with one attached hydrogen (secondary N) is 1. The van der Waals surface area contributed by atoms with Crippen LogP contribution in [0, 0.1) is 11.8 Å². The van der Waals surface area contributed by atoms with Crippen LogP contribution in [0.5, 0.6) is 11.5 Å². The van der Waals surface area contributed by atoms with E-state index in [1.165, 1.54) is 20.3 Å². The van der Waals surface area contributed by atoms with Crippen molar-refractivity contribution in [3.8, 4) is 11.5 Å². The highest BCUT2D eigenvalue weighted by atomic mass is 16.6. The van der Waals surface area contributed by atoms with Gasteiger partial charge in [0.1, 0.15) is 12.5 Å². The topological polar surface area (TPSA) is 120 Å². The van der Waals surface area contributed by atoms with Gasteiger partial charge in [0.25, 0.3) is 0 Å². The lowest BCUT2D eigenvalue weighted by molar-refractivity contribution is -0.151. The lowest BCUT2D eigenvalue weighted by Crippen LogP contribution is -2.43. The van der Waals surface area contributed by atoms with Gasteiger partial charge in [-0.2, -0.15) is 0 Å². The summed E-state index contributed by atoms with van der Waals surface area (Å²) < 4.78 is 21.1. The maximum atomic E-state index is 13.7. The molecule has 1 heterocycles. The highest BCUT2D eigenvalue weighted by Crippen LogP contribution is 2.46. The van der Waals surface area contributed by atoms with Crippen LogP contribution in [0.4, 0.5) is 0 Å². The number of ketones is 1. The van der Waals surface area contributed by atoms with Crippen LogP contribution >= 0.6 is 0 Å². The first-order valence-corrected chi connectivity index (χ1v) is 11.6. The van der Waals surface area contributed by atoms with Gasteiger partial charge in [0.15, 0.2) is 17.3 Å². The summed E-state index contributed by atoms with van der Waals surface area (Å²) in [5.74, 6) is -3.61. The largest absolute Gasteiger partial charge is 0.504 e. The van der Waals surface area contributed by atoms with Gasteiger partial charge in [0.05, 0.1) is 32.5 Å². The Bertz CT molecular complexity index is 1070. The summed E-state index contributed by atoms with van der Waals surface area (Å²) in [5.41, 5.74) is 2.30. The lowest BCUT2D eigenvalue weighted by atomic mass is 9.69. The molecule has 2 N–H and O–H groups in total. The van der Waals surface area contributed by atoms with E-state index in [1.807, 2.05) is 20.8 Å². The van der Waals surface area contributed by atoms with Crippen molar-refractivity contribution in [2.75, 3.05) is 27.4 Å². The second-order valence-corrected chi connectivity index (χ2v) is 9.02. The fourth-order valence-electron chi connectivity index (χ4n) is 4.65. The molecule has 0 aromatic heterocycles. The first-order valence-electron chi connectivity index (χ1n) is 11.6. The molecule has 0 spiro atoms. The third kappa shape index (κ3) is 5.35. The number of Topliss-reactive ketones (excluding diaryl/α,β-unsaturated/α-hetero) is 1. The number of allylic oxidation sites excluding steroid dienone is 3. The van der Waals surface area contributed by atoms with Crippen LogP contribution < -0.4 is 10.1 Å². The van der Waals surface area contributed by atoms with E-state index >= 15 is 0 Å². The molecule has 3 rings (SSSR count). The Labute approximate surface area is 205 Å². The van der Waals surface area contributed by atoms with Gasteiger partial charge < -0.3 is 29.4 Å². The summed E-state index contributed by atoms with van der Waals surface area (Å²) in [5, 5.41) is 13.3. The van der Waals surface area contributed by atoms with Gasteiger partial charge in [-0.05, 0) is 50.8 Å². The lowest BCUT2D eigenvalue weighted by Gasteiger charge is -2.38. The maximum Gasteiger partial charge on any atom is 0.336 e. The van der Waals surface area contributed by atoms with Crippen LogP contribution in [0.2, 0.25) is 0 Å². The van der Waals surface area contributed by atoms with E-state index in [9.17, 15) is 19.5 Å². The van der Waals surface area contributed by atoms with Crippen molar-refractivity contribution in [3.05, 3.63) is 46.3 Å². The Hall–Kier alpha value is -3.33. The van der Waals surface area contributed by atoms with Gasteiger partial charge in [0, 0.05) is 22.9 Å². The monoisotopic (exact) mass is 487 g/mol. The van der Waals surface area contributed by atoms with Crippen LogP contribution in [-0.2, 0) is 28.6 Å². The number of aromatic hydroxyl groups is 1. The molecule has 0 radical (unpaired) electrons. The van der Waals surface area contributed by atoms with Crippen molar-refractivity contribution in [2.45, 2.75) is 46.1 Å². The average molecular weight is 488 g/mol. The molecule has 0 bridgehead atoms. The number of phenolic OH excluding ortho intramolecular Hbond substituents is 1. The zero-order valence-electron chi connectivity index (χ0n) is 21.0. The molecular weight excluding hydrogens is 454 g/mol. The molecule has 0 fully saturated rings. The number of hydrogen-bond donors (Lipinski definition) is 2. The predicted molar refractivity (Wildman–Crippen MR) is 127 cm³/mol. The molecule has 9 nitrogen and oxygen atoms in total. The van der Waals surface area contributed by atoms with Crippen LogP contribution in [0.25, 0.3) is 0 Å². The zero-order chi connectivity index (χ0) is 25.9. The zero-order valence-corrected chi connectivity index (χ0v) is 21.0. The number of dihydropyridines is 1. The summed E-state index contributed by atoms with van der Waals surface area (Å²) in [7, 11) is 2.66. The van der Waals surface area contributed by atoms with Crippen LogP contribution in [0.3, 0.4) is 0 Å². The molecule has 1 aromatic rings. The van der Waals surface area contributed by atoms with Crippen molar-refractivity contribution in [1.82, 2.24) is 5.32 Å². The first kappa shape index (κ1) is 26.3. The minimum Gasteiger partial charge on any atom is -0.504 e. The third-order valence-corrected chi connectivity index (χ3v) is 6.27. The van der Waals surface area contributed by atoms with Crippen molar-refractivity contribution >= 4 is 17.7 Å². The van der Waals surface area contributed by atoms with Gasteiger partial charge in [-0.3, -0.25) is 9.59 Å². The number of carbonyl (C=O) groups excluding carboxylic acids is 3. The molecule has 0 saturated heterocycles. The number of hydrogen-bond acceptors (Lipinski definition) is 9. The minimum absolute atomic E-state index is 0.00645. The molecule has 35 heavy (non-hydrogen) atoms. The summed E-state index contributed by atoms with van der Waals surface area (Å²) >= 11 is 0. The standard InChI is InChI=1S/C26H33NO8/c1-13(2)34-9-10-35-26(31)21-15(4)27-17-11-14(3)20(25(30)33-6)24(29)23(17)22(21)16-7-8-18(28)19(12-16)32-5/h7-8,12-14,20,22,27-28H,9-11H2,1-6H3. The van der Waals surface area contributed by atoms with E-state index in [0.717, 1.165) is 0 Å². The molecular formula is C26H33NO8. The number of ether oxygens (including phenoxy) is 4. The smallest absolute Gasteiger partial charge is 0.336 e. The number of methoxy groups -OCH3 is 2. The molecule has 3 unspecified atom stereocenters. The Balaban J connectivity index is 2.09. The van der Waals surface area contributed by atoms with E-state index in [1.54, 1.807) is 19.1 Å². The molecule has 1 aromatic carbocycles. The summed E-state index contributed by atoms with van der Waals surface area (Å²) in [6.45, 7) is 7.61. The van der Waals surface area contributed by atoms with Crippen LogP contribution in [-0.4, -0.2) is 56.4 Å². The molecule has 0 amide bonds. The molecule has 2 aliphatic rings. The number of carbonyl (C=O) groups is 3. The molecule has 3 atom stereocenters. The van der Waals surface area contributed by atoms with Crippen LogP contribution in [0.1, 0.15) is 45.6 Å². The second kappa shape index (κ2) is 10.9. The molecule has 0 saturated carbocycles. The quantitative estimate of drug-likeness (QED) is 0.324. The number of phenols is 1. The SMILES string of the molecule is COC(=O)C1C(=O)C2=C(CC1C)NC(C)=C(C(=O)OCCOC(C)C)C2c1ccc(O)c(OC)c1. The minimum atomic E-state index is -0.989. The summed E-state index contributed by atoms with van der Waals surface area (Å²) in [6.07, 6.45) is 0.419. The normalized spacial score (nSPS) is 22.0. The van der Waals surface area contributed by atoms with E-state index in [2.05, 4.69) is 5.32 Å². The van der Waals surface area contributed by atoms with Crippen molar-refractivity contribution in [2.24, 2.45) is 11.8 Å². The van der Waals surface area contributed by atoms with E-state index in [0.29, 0.717) is 29.0 Å². The van der Waals surface area contributed by atoms with E-state index in [4.69, 9.17) is 18.9 Å². The summed E-state index contributed by atoms with van der Waals surface area (Å²) in [6, 6.07) is 4.65. The average Bonchev–Trinajstić information content (AvgIpc) is 2.80. The van der Waals surface area contributed by atoms with Gasteiger partial charge in [-0.15, -0.1) is 0 Å². The second-order valence-electron chi connectivity index (χ2n) is 9.02. The first-order chi connectivity index (χ1) is 16.6. The van der Waals surface area contributed by atoms with Crippen molar-refractivity contribution in [1.29, 1.82) is 0 Å². The van der Waals surface area contributed by atoms with Gasteiger partial charge >= 0.3 is 11.9 Å². The highest BCUT2D eigenvalue weighted by molar-refractivity contribution is 6.12. The molecule has 1 aliphatic heterocycles. The highest BCUT2D eigenvalue weighted by Gasteiger charge is 2.47. The van der Waals surface area contributed by atoms with Gasteiger partial charge in [-0.1, -0.05) is 13.0 Å². The fraction of sp³-hybridized carbons (Fsp3) is 0.500. The van der Waals surface area contributed by atoms with E-state index in [-0.39, 0.29) is 42.3 Å². The van der Waals surface area contributed by atoms with Crippen molar-refractivity contribution < 1.29 is 38.4 Å². The molecule has 1 aliphatic carbocycles. The Morgan fingerprint density at radius 3 is 2.54 bits per heavy atom. The van der Waals surface area contributed by atoms with E-state index < -0.39 is 29.6 Å². The molecule has 9 heteroatoms. The number of rotatable bonds is 8.